The standard InChI is InChI=1S/C39H52FN5O7/c1-38(2,3)32(44-36(49)51-7)34(47)42-29(18-24-12-10-9-11-13-24)21-31(46)30(43-35(48)33(39(4,5)6)45-37(50)52-8)19-25-14-16-26(17-15-25)27-20-28(40)23-41-22-27/h9-17,20,22-23,29-33,46H,18-19,21H2,1-8H3,(H,42,47)(H,43,48)(H,44,49)(H,45,50)/t29-,30-,31-,32+,33+/m0/s1. The second-order valence-electron chi connectivity index (χ2n) is 15.0. The summed E-state index contributed by atoms with van der Waals surface area (Å²) in [6.07, 6.45) is 0.453. The summed E-state index contributed by atoms with van der Waals surface area (Å²) in [5.41, 5.74) is 1.55. The van der Waals surface area contributed by atoms with Crippen LogP contribution in [-0.2, 0) is 31.9 Å². The van der Waals surface area contributed by atoms with E-state index in [4.69, 9.17) is 9.47 Å². The number of aliphatic hydroxyl groups excluding tert-OH is 1. The Morgan fingerprint density at radius 2 is 1.23 bits per heavy atom. The van der Waals surface area contributed by atoms with Crippen molar-refractivity contribution in [3.8, 4) is 11.1 Å². The fourth-order valence-corrected chi connectivity index (χ4v) is 5.74. The van der Waals surface area contributed by atoms with E-state index in [1.165, 1.54) is 20.3 Å². The van der Waals surface area contributed by atoms with Crippen molar-refractivity contribution in [2.75, 3.05) is 14.2 Å². The summed E-state index contributed by atoms with van der Waals surface area (Å²) in [5.74, 6) is -1.47. The van der Waals surface area contributed by atoms with Crippen molar-refractivity contribution >= 4 is 24.0 Å². The Kier molecular flexibility index (Phi) is 14.7. The van der Waals surface area contributed by atoms with Crippen LogP contribution in [-0.4, -0.2) is 78.6 Å². The number of ether oxygens (including phenoxy) is 2. The van der Waals surface area contributed by atoms with Crippen molar-refractivity contribution in [3.63, 3.8) is 0 Å². The molecule has 0 saturated carbocycles. The number of amides is 4. The molecule has 4 amide bonds. The van der Waals surface area contributed by atoms with Gasteiger partial charge in [-0.05, 0) is 52.8 Å². The summed E-state index contributed by atoms with van der Waals surface area (Å²) in [5, 5.41) is 23.1. The number of alkyl carbamates (subject to hydrolysis) is 2. The molecule has 0 unspecified atom stereocenters. The zero-order valence-corrected chi connectivity index (χ0v) is 31.2. The maximum atomic E-state index is 13.8. The third-order valence-electron chi connectivity index (χ3n) is 8.59. The molecule has 0 spiro atoms. The van der Waals surface area contributed by atoms with Crippen molar-refractivity contribution in [2.45, 2.75) is 91.1 Å². The van der Waals surface area contributed by atoms with E-state index in [1.54, 1.807) is 39.1 Å². The number of carbonyl (C=O) groups is 4. The zero-order valence-electron chi connectivity index (χ0n) is 31.2. The predicted octanol–water partition coefficient (Wildman–Crippen LogP) is 4.93. The minimum atomic E-state index is -1.20. The molecule has 2 aromatic carbocycles. The fraction of sp³-hybridized carbons (Fsp3) is 0.462. The van der Waals surface area contributed by atoms with Crippen LogP contribution in [0.4, 0.5) is 14.0 Å². The number of rotatable bonds is 14. The molecule has 0 aliphatic carbocycles. The number of aliphatic hydroxyl groups is 1. The van der Waals surface area contributed by atoms with Gasteiger partial charge in [-0.3, -0.25) is 14.6 Å². The van der Waals surface area contributed by atoms with Crippen molar-refractivity contribution in [3.05, 3.63) is 90.0 Å². The monoisotopic (exact) mass is 721 g/mol. The maximum Gasteiger partial charge on any atom is 0.407 e. The number of carbonyl (C=O) groups excluding carboxylic acids is 4. The largest absolute Gasteiger partial charge is 0.453 e. The number of nitrogens with one attached hydrogen (secondary N) is 4. The first-order chi connectivity index (χ1) is 24.4. The normalized spacial score (nSPS) is 14.5. The molecular formula is C39H52FN5O7. The molecule has 5 N–H and O–H groups in total. The summed E-state index contributed by atoms with van der Waals surface area (Å²) >= 11 is 0. The Labute approximate surface area is 305 Å². The third kappa shape index (κ3) is 12.6. The number of hydrogen-bond donors (Lipinski definition) is 5. The lowest BCUT2D eigenvalue weighted by Gasteiger charge is -2.34. The van der Waals surface area contributed by atoms with Gasteiger partial charge in [-0.25, -0.2) is 14.0 Å². The van der Waals surface area contributed by atoms with E-state index >= 15 is 0 Å². The van der Waals surface area contributed by atoms with Gasteiger partial charge in [-0.2, -0.15) is 0 Å². The molecule has 0 radical (unpaired) electrons. The van der Waals surface area contributed by atoms with Gasteiger partial charge in [0.05, 0.1) is 32.6 Å². The molecular weight excluding hydrogens is 669 g/mol. The first-order valence-corrected chi connectivity index (χ1v) is 17.1. The third-order valence-corrected chi connectivity index (χ3v) is 8.59. The summed E-state index contributed by atoms with van der Waals surface area (Å²) < 4.78 is 23.4. The minimum absolute atomic E-state index is 0.0122. The van der Waals surface area contributed by atoms with Crippen LogP contribution in [0.15, 0.2) is 73.1 Å². The number of nitrogens with zero attached hydrogens (tertiary/aromatic N) is 1. The van der Waals surface area contributed by atoms with Gasteiger partial charge in [-0.15, -0.1) is 0 Å². The van der Waals surface area contributed by atoms with Gasteiger partial charge < -0.3 is 35.8 Å². The average molecular weight is 722 g/mol. The minimum Gasteiger partial charge on any atom is -0.453 e. The van der Waals surface area contributed by atoms with E-state index in [0.717, 1.165) is 22.9 Å². The van der Waals surface area contributed by atoms with E-state index in [1.807, 2.05) is 63.2 Å². The van der Waals surface area contributed by atoms with Gasteiger partial charge in [0.25, 0.3) is 0 Å². The van der Waals surface area contributed by atoms with Gasteiger partial charge >= 0.3 is 12.2 Å². The van der Waals surface area contributed by atoms with Crippen molar-refractivity contribution in [1.29, 1.82) is 0 Å². The number of methoxy groups -OCH3 is 2. The van der Waals surface area contributed by atoms with Gasteiger partial charge in [0.15, 0.2) is 0 Å². The molecule has 282 valence electrons. The molecule has 3 aromatic rings. The summed E-state index contributed by atoms with van der Waals surface area (Å²) in [4.78, 5) is 55.9. The van der Waals surface area contributed by atoms with Gasteiger partial charge in [0.1, 0.15) is 17.9 Å². The zero-order chi connectivity index (χ0) is 38.6. The molecule has 0 saturated heterocycles. The number of halogens is 1. The van der Waals surface area contributed by atoms with Crippen LogP contribution >= 0.6 is 0 Å². The lowest BCUT2D eigenvalue weighted by molar-refractivity contribution is -0.128. The van der Waals surface area contributed by atoms with E-state index in [-0.39, 0.29) is 12.8 Å². The Hall–Kier alpha value is -5.04. The number of hydrogen-bond acceptors (Lipinski definition) is 8. The predicted molar refractivity (Wildman–Crippen MR) is 196 cm³/mol. The fourth-order valence-electron chi connectivity index (χ4n) is 5.74. The van der Waals surface area contributed by atoms with E-state index < -0.39 is 70.9 Å². The number of aromatic nitrogens is 1. The topological polar surface area (TPSA) is 168 Å². The highest BCUT2D eigenvalue weighted by Crippen LogP contribution is 2.24. The van der Waals surface area contributed by atoms with E-state index in [9.17, 15) is 28.7 Å². The Bertz CT molecular complexity index is 1640. The van der Waals surface area contributed by atoms with Crippen LogP contribution in [0, 0.1) is 16.6 Å². The number of benzene rings is 2. The van der Waals surface area contributed by atoms with Crippen LogP contribution in [0.1, 0.15) is 59.1 Å². The van der Waals surface area contributed by atoms with E-state index in [2.05, 4.69) is 26.3 Å². The van der Waals surface area contributed by atoms with Gasteiger partial charge in [0.2, 0.25) is 11.8 Å². The lowest BCUT2D eigenvalue weighted by Crippen LogP contribution is -2.59. The second-order valence-corrected chi connectivity index (χ2v) is 15.0. The van der Waals surface area contributed by atoms with Gasteiger partial charge in [-0.1, -0.05) is 96.1 Å². The second kappa shape index (κ2) is 18.5. The molecule has 0 fully saturated rings. The lowest BCUT2D eigenvalue weighted by atomic mass is 9.85. The quantitative estimate of drug-likeness (QED) is 0.156. The SMILES string of the molecule is COC(=O)N[C@H](C(=O)N[C@@H](Cc1ccccc1)C[C@H](O)[C@H](Cc1ccc(-c2cncc(F)c2)cc1)NC(=O)[C@@H](NC(=O)OC)C(C)(C)C)C(C)(C)C. The Balaban J connectivity index is 1.97. The highest BCUT2D eigenvalue weighted by atomic mass is 19.1. The molecule has 0 aliphatic rings. The Morgan fingerprint density at radius 1 is 0.712 bits per heavy atom. The van der Waals surface area contributed by atoms with Crippen LogP contribution in [0.25, 0.3) is 11.1 Å². The van der Waals surface area contributed by atoms with E-state index in [0.29, 0.717) is 12.0 Å². The van der Waals surface area contributed by atoms with Crippen molar-refractivity contribution < 1.29 is 38.1 Å². The highest BCUT2D eigenvalue weighted by molar-refractivity contribution is 5.87. The maximum absolute atomic E-state index is 13.8. The van der Waals surface area contributed by atoms with Gasteiger partial charge in [0, 0.05) is 17.8 Å². The molecule has 52 heavy (non-hydrogen) atoms. The van der Waals surface area contributed by atoms with Crippen LogP contribution in [0.5, 0.6) is 0 Å². The molecule has 1 heterocycles. The van der Waals surface area contributed by atoms with Crippen LogP contribution in [0.3, 0.4) is 0 Å². The van der Waals surface area contributed by atoms with Crippen LogP contribution in [0.2, 0.25) is 0 Å². The molecule has 13 heteroatoms. The molecule has 1 aromatic heterocycles. The molecule has 3 rings (SSSR count). The molecule has 12 nitrogen and oxygen atoms in total. The Morgan fingerprint density at radius 3 is 1.73 bits per heavy atom. The highest BCUT2D eigenvalue weighted by Gasteiger charge is 2.37. The summed E-state index contributed by atoms with van der Waals surface area (Å²) in [7, 11) is 2.42. The first-order valence-electron chi connectivity index (χ1n) is 17.1. The smallest absolute Gasteiger partial charge is 0.407 e. The van der Waals surface area contributed by atoms with Crippen LogP contribution < -0.4 is 21.3 Å². The molecule has 0 bridgehead atoms. The number of pyridine rings is 1. The van der Waals surface area contributed by atoms with Crippen molar-refractivity contribution in [1.82, 2.24) is 26.3 Å². The van der Waals surface area contributed by atoms with Crippen molar-refractivity contribution in [2.24, 2.45) is 10.8 Å². The first kappa shape index (κ1) is 41.4. The summed E-state index contributed by atoms with van der Waals surface area (Å²) in [6.45, 7) is 10.8. The summed E-state index contributed by atoms with van der Waals surface area (Å²) in [6, 6.07) is 14.5. The molecule has 5 atom stereocenters. The molecule has 0 aliphatic heterocycles. The average Bonchev–Trinajstić information content (AvgIpc) is 3.08.